The molecule has 0 bridgehead atoms. The van der Waals surface area contributed by atoms with Crippen molar-refractivity contribution in [2.45, 2.75) is 26.2 Å². The highest BCUT2D eigenvalue weighted by Gasteiger charge is 2.26. The third-order valence-corrected chi connectivity index (χ3v) is 4.24. The number of Topliss-reactive ketones (excluding diaryl/α,β-unsaturated/α-hetero) is 1. The minimum absolute atomic E-state index is 0.0887. The van der Waals surface area contributed by atoms with E-state index in [1.54, 1.807) is 0 Å². The Labute approximate surface area is 137 Å². The van der Waals surface area contributed by atoms with Crippen LogP contribution in [0, 0.1) is 5.92 Å². The number of aliphatic carboxylic acids is 1. The minimum atomic E-state index is -0.935. The topological polar surface area (TPSA) is 66.8 Å². The molecule has 126 valence electrons. The first-order valence-electron chi connectivity index (χ1n) is 8.13. The van der Waals surface area contributed by atoms with Crippen molar-refractivity contribution in [1.82, 2.24) is 4.90 Å². The molecule has 1 heterocycles. The Balaban J connectivity index is 2.09. The van der Waals surface area contributed by atoms with E-state index in [0.717, 1.165) is 13.1 Å². The second-order valence-electron chi connectivity index (χ2n) is 6.35. The van der Waals surface area contributed by atoms with Gasteiger partial charge in [-0.2, -0.15) is 0 Å². The molecule has 23 heavy (non-hydrogen) atoms. The van der Waals surface area contributed by atoms with Crippen LogP contribution < -0.4 is 0 Å². The van der Waals surface area contributed by atoms with Crippen LogP contribution in [0.15, 0.2) is 24.3 Å². The minimum Gasteiger partial charge on any atom is -0.481 e. The fourth-order valence-corrected chi connectivity index (χ4v) is 2.81. The van der Waals surface area contributed by atoms with Crippen LogP contribution in [-0.2, 0) is 9.53 Å². The number of hydrogen-bond donors (Lipinski definition) is 1. The molecular weight excluding hydrogens is 294 g/mol. The fourth-order valence-electron chi connectivity index (χ4n) is 2.81. The molecule has 1 saturated heterocycles. The van der Waals surface area contributed by atoms with E-state index in [-0.39, 0.29) is 12.2 Å². The quantitative estimate of drug-likeness (QED) is 0.782. The Morgan fingerprint density at radius 2 is 1.78 bits per heavy atom. The van der Waals surface area contributed by atoms with E-state index >= 15 is 0 Å². The highest BCUT2D eigenvalue weighted by molar-refractivity contribution is 5.99. The Kier molecular flexibility index (Phi) is 6.30. The third kappa shape index (κ3) is 5.15. The molecule has 1 aromatic carbocycles. The molecule has 0 radical (unpaired) electrons. The molecule has 1 fully saturated rings. The van der Waals surface area contributed by atoms with Crippen molar-refractivity contribution in [1.29, 1.82) is 0 Å². The standard InChI is InChI=1S/C18H25NO4/c1-13(2)14-3-5-15(6-4-14)18(22)16(11-17(20)21)12-19-7-9-23-10-8-19/h3-6,13,16H,7-12H2,1-2H3,(H,20,21). The number of ketones is 1. The molecule has 1 aliphatic heterocycles. The number of carbonyl (C=O) groups excluding carboxylic acids is 1. The lowest BCUT2D eigenvalue weighted by Gasteiger charge is -2.29. The van der Waals surface area contributed by atoms with Crippen LogP contribution in [0.5, 0.6) is 0 Å². The van der Waals surface area contributed by atoms with Gasteiger partial charge in [-0.25, -0.2) is 0 Å². The molecule has 1 aromatic rings. The van der Waals surface area contributed by atoms with Gasteiger partial charge < -0.3 is 9.84 Å². The summed E-state index contributed by atoms with van der Waals surface area (Å²) in [6.07, 6.45) is -0.137. The summed E-state index contributed by atoms with van der Waals surface area (Å²) in [6.45, 7) is 7.44. The molecule has 5 heteroatoms. The van der Waals surface area contributed by atoms with Crippen molar-refractivity contribution in [2.75, 3.05) is 32.8 Å². The van der Waals surface area contributed by atoms with Crippen molar-refractivity contribution in [3.05, 3.63) is 35.4 Å². The zero-order valence-electron chi connectivity index (χ0n) is 13.8. The van der Waals surface area contributed by atoms with Crippen LogP contribution in [0.25, 0.3) is 0 Å². The second-order valence-corrected chi connectivity index (χ2v) is 6.35. The first-order chi connectivity index (χ1) is 11.0. The van der Waals surface area contributed by atoms with Crippen LogP contribution in [0.3, 0.4) is 0 Å². The number of benzene rings is 1. The largest absolute Gasteiger partial charge is 0.481 e. The maximum Gasteiger partial charge on any atom is 0.304 e. The summed E-state index contributed by atoms with van der Waals surface area (Å²) in [6, 6.07) is 7.52. The predicted molar refractivity (Wildman–Crippen MR) is 87.9 cm³/mol. The van der Waals surface area contributed by atoms with Crippen LogP contribution in [-0.4, -0.2) is 54.6 Å². The monoisotopic (exact) mass is 319 g/mol. The Morgan fingerprint density at radius 1 is 1.17 bits per heavy atom. The van der Waals surface area contributed by atoms with Crippen molar-refractivity contribution >= 4 is 11.8 Å². The van der Waals surface area contributed by atoms with Gasteiger partial charge in [-0.15, -0.1) is 0 Å². The Morgan fingerprint density at radius 3 is 2.30 bits per heavy atom. The van der Waals surface area contributed by atoms with E-state index in [0.29, 0.717) is 31.2 Å². The van der Waals surface area contributed by atoms with Crippen LogP contribution >= 0.6 is 0 Å². The molecule has 1 atom stereocenters. The van der Waals surface area contributed by atoms with Gasteiger partial charge in [-0.1, -0.05) is 38.1 Å². The van der Waals surface area contributed by atoms with E-state index in [9.17, 15) is 9.59 Å². The summed E-state index contributed by atoms with van der Waals surface area (Å²) in [4.78, 5) is 26.0. The highest BCUT2D eigenvalue weighted by atomic mass is 16.5. The molecule has 1 aliphatic rings. The smallest absolute Gasteiger partial charge is 0.304 e. The van der Waals surface area contributed by atoms with Gasteiger partial charge >= 0.3 is 5.97 Å². The first-order valence-corrected chi connectivity index (χ1v) is 8.13. The lowest BCUT2D eigenvalue weighted by molar-refractivity contribution is -0.138. The lowest BCUT2D eigenvalue weighted by atomic mass is 9.92. The van der Waals surface area contributed by atoms with Gasteiger partial charge in [-0.05, 0) is 11.5 Å². The maximum absolute atomic E-state index is 12.7. The molecule has 1 unspecified atom stereocenters. The lowest BCUT2D eigenvalue weighted by Crippen LogP contribution is -2.41. The molecule has 0 aliphatic carbocycles. The van der Waals surface area contributed by atoms with E-state index in [4.69, 9.17) is 9.84 Å². The molecular formula is C18H25NO4. The van der Waals surface area contributed by atoms with Gasteiger partial charge in [0.1, 0.15) is 0 Å². The molecule has 0 spiro atoms. The van der Waals surface area contributed by atoms with Gasteiger partial charge in [0.15, 0.2) is 5.78 Å². The summed E-state index contributed by atoms with van der Waals surface area (Å²) < 4.78 is 5.30. The van der Waals surface area contributed by atoms with Crippen molar-refractivity contribution < 1.29 is 19.4 Å². The normalized spacial score (nSPS) is 17.2. The summed E-state index contributed by atoms with van der Waals surface area (Å²) in [5, 5.41) is 9.13. The van der Waals surface area contributed by atoms with Crippen LogP contribution in [0.2, 0.25) is 0 Å². The Bertz CT molecular complexity index is 532. The number of carboxylic acid groups (broad SMARTS) is 1. The van der Waals surface area contributed by atoms with E-state index in [2.05, 4.69) is 18.7 Å². The van der Waals surface area contributed by atoms with Crippen molar-refractivity contribution in [2.24, 2.45) is 5.92 Å². The van der Waals surface area contributed by atoms with E-state index < -0.39 is 11.9 Å². The number of nitrogens with zero attached hydrogens (tertiary/aromatic N) is 1. The summed E-state index contributed by atoms with van der Waals surface area (Å²) in [7, 11) is 0. The zero-order chi connectivity index (χ0) is 16.8. The summed E-state index contributed by atoms with van der Waals surface area (Å²) >= 11 is 0. The van der Waals surface area contributed by atoms with Gasteiger partial charge in [0, 0.05) is 31.1 Å². The number of ether oxygens (including phenoxy) is 1. The van der Waals surface area contributed by atoms with Crippen molar-refractivity contribution in [3.8, 4) is 0 Å². The number of rotatable bonds is 7. The van der Waals surface area contributed by atoms with E-state index in [1.165, 1.54) is 5.56 Å². The summed E-state index contributed by atoms with van der Waals surface area (Å²) in [5.41, 5.74) is 1.76. The number of carboxylic acids is 1. The summed E-state index contributed by atoms with van der Waals surface area (Å²) in [5.74, 6) is -1.14. The molecule has 1 N–H and O–H groups in total. The molecule has 0 aromatic heterocycles. The SMILES string of the molecule is CC(C)c1ccc(C(=O)C(CC(=O)O)CN2CCOCC2)cc1. The second kappa shape index (κ2) is 8.22. The third-order valence-electron chi connectivity index (χ3n) is 4.24. The highest BCUT2D eigenvalue weighted by Crippen LogP contribution is 2.19. The van der Waals surface area contributed by atoms with Gasteiger partial charge in [0.25, 0.3) is 0 Å². The fraction of sp³-hybridized carbons (Fsp3) is 0.556. The average Bonchev–Trinajstić information content (AvgIpc) is 2.54. The first kappa shape index (κ1) is 17.6. The zero-order valence-corrected chi connectivity index (χ0v) is 13.8. The number of morpholine rings is 1. The van der Waals surface area contributed by atoms with Gasteiger partial charge in [0.05, 0.1) is 19.6 Å². The van der Waals surface area contributed by atoms with Gasteiger partial charge in [0.2, 0.25) is 0 Å². The maximum atomic E-state index is 12.7. The number of hydrogen-bond acceptors (Lipinski definition) is 4. The van der Waals surface area contributed by atoms with Crippen molar-refractivity contribution in [3.63, 3.8) is 0 Å². The molecule has 0 amide bonds. The predicted octanol–water partition coefficient (Wildman–Crippen LogP) is 2.42. The van der Waals surface area contributed by atoms with Crippen LogP contribution in [0.4, 0.5) is 0 Å². The average molecular weight is 319 g/mol. The molecule has 5 nitrogen and oxygen atoms in total. The van der Waals surface area contributed by atoms with E-state index in [1.807, 2.05) is 24.3 Å². The Hall–Kier alpha value is -1.72. The molecule has 2 rings (SSSR count). The number of carbonyl (C=O) groups is 2. The molecule has 0 saturated carbocycles. The van der Waals surface area contributed by atoms with Crippen LogP contribution in [0.1, 0.15) is 42.1 Å². The van der Waals surface area contributed by atoms with Gasteiger partial charge in [-0.3, -0.25) is 14.5 Å².